The molecule has 0 aromatic carbocycles. The van der Waals surface area contributed by atoms with Gasteiger partial charge in [-0.2, -0.15) is 5.10 Å². The first kappa shape index (κ1) is 13.1. The number of ether oxygens (including phenoxy) is 2. The van der Waals surface area contributed by atoms with E-state index < -0.39 is 0 Å². The van der Waals surface area contributed by atoms with Gasteiger partial charge in [0.15, 0.2) is 5.79 Å². The Hall–Kier alpha value is -0.910. The summed E-state index contributed by atoms with van der Waals surface area (Å²) in [5.41, 5.74) is 2.41. The zero-order valence-electron chi connectivity index (χ0n) is 11.9. The van der Waals surface area contributed by atoms with Crippen LogP contribution in [-0.4, -0.2) is 46.8 Å². The molecule has 2 saturated heterocycles. The first-order valence-corrected chi connectivity index (χ1v) is 7.24. The third-order valence-corrected chi connectivity index (χ3v) is 4.10. The summed E-state index contributed by atoms with van der Waals surface area (Å²) in [7, 11) is 0. The van der Waals surface area contributed by atoms with Crippen LogP contribution in [0.1, 0.15) is 31.2 Å². The van der Waals surface area contributed by atoms with E-state index in [-0.39, 0.29) is 5.79 Å². The molecule has 2 aliphatic heterocycles. The summed E-state index contributed by atoms with van der Waals surface area (Å²) in [6, 6.07) is 2.19. The van der Waals surface area contributed by atoms with Gasteiger partial charge in [0, 0.05) is 39.0 Å². The van der Waals surface area contributed by atoms with Crippen molar-refractivity contribution in [3.63, 3.8) is 0 Å². The number of piperidine rings is 1. The van der Waals surface area contributed by atoms with Gasteiger partial charge >= 0.3 is 0 Å². The number of aryl methyl sites for hydroxylation is 2. The molecule has 0 bridgehead atoms. The van der Waals surface area contributed by atoms with Gasteiger partial charge in [-0.3, -0.25) is 9.58 Å². The van der Waals surface area contributed by atoms with Gasteiger partial charge in [-0.05, 0) is 19.9 Å². The molecule has 5 nitrogen and oxygen atoms in total. The van der Waals surface area contributed by atoms with E-state index in [0.29, 0.717) is 0 Å². The van der Waals surface area contributed by atoms with Gasteiger partial charge in [-0.1, -0.05) is 0 Å². The smallest absolute Gasteiger partial charge is 0.170 e. The molecule has 0 amide bonds. The van der Waals surface area contributed by atoms with Crippen molar-refractivity contribution in [3.8, 4) is 0 Å². The molecule has 1 aromatic rings. The fourth-order valence-corrected chi connectivity index (χ4v) is 3.07. The first-order valence-electron chi connectivity index (χ1n) is 7.24. The maximum absolute atomic E-state index is 5.76. The molecular weight excluding hydrogens is 242 g/mol. The first-order chi connectivity index (χ1) is 9.21. The molecular formula is C14H23N3O2. The molecule has 0 unspecified atom stereocenters. The van der Waals surface area contributed by atoms with Crippen LogP contribution < -0.4 is 0 Å². The summed E-state index contributed by atoms with van der Waals surface area (Å²) >= 11 is 0. The number of likely N-dealkylation sites (tertiary alicyclic amines) is 1. The molecule has 1 aromatic heterocycles. The van der Waals surface area contributed by atoms with Gasteiger partial charge in [-0.15, -0.1) is 0 Å². The standard InChI is InChI=1S/C14H23N3O2/c1-3-17-13(10-12(2)15-17)11-16-6-4-14(5-7-16)18-8-9-19-14/h10H,3-9,11H2,1-2H3. The molecule has 2 aliphatic rings. The van der Waals surface area contributed by atoms with E-state index in [1.165, 1.54) is 5.69 Å². The molecule has 106 valence electrons. The Balaban J connectivity index is 1.59. The lowest BCUT2D eigenvalue weighted by atomic mass is 10.0. The Kier molecular flexibility index (Phi) is 3.60. The highest BCUT2D eigenvalue weighted by Gasteiger charge is 2.39. The van der Waals surface area contributed by atoms with Crippen molar-refractivity contribution < 1.29 is 9.47 Å². The largest absolute Gasteiger partial charge is 0.347 e. The minimum atomic E-state index is -0.266. The minimum Gasteiger partial charge on any atom is -0.347 e. The van der Waals surface area contributed by atoms with Gasteiger partial charge in [0.1, 0.15) is 0 Å². The molecule has 19 heavy (non-hydrogen) atoms. The summed E-state index contributed by atoms with van der Waals surface area (Å²) in [4.78, 5) is 2.47. The minimum absolute atomic E-state index is 0.266. The highest BCUT2D eigenvalue weighted by atomic mass is 16.7. The average molecular weight is 265 g/mol. The van der Waals surface area contributed by atoms with Gasteiger partial charge < -0.3 is 9.47 Å². The van der Waals surface area contributed by atoms with Crippen LogP contribution >= 0.6 is 0 Å². The maximum Gasteiger partial charge on any atom is 0.170 e. The van der Waals surface area contributed by atoms with Crippen LogP contribution in [0.25, 0.3) is 0 Å². The summed E-state index contributed by atoms with van der Waals surface area (Å²) < 4.78 is 13.6. The van der Waals surface area contributed by atoms with Crippen LogP contribution in [0.4, 0.5) is 0 Å². The van der Waals surface area contributed by atoms with Gasteiger partial charge in [0.25, 0.3) is 0 Å². The van der Waals surface area contributed by atoms with Crippen LogP contribution in [0.5, 0.6) is 0 Å². The van der Waals surface area contributed by atoms with Crippen molar-refractivity contribution in [3.05, 3.63) is 17.5 Å². The zero-order chi connectivity index (χ0) is 13.3. The predicted molar refractivity (Wildman–Crippen MR) is 71.8 cm³/mol. The zero-order valence-corrected chi connectivity index (χ0v) is 11.9. The summed E-state index contributed by atoms with van der Waals surface area (Å²) in [5.74, 6) is -0.266. The van der Waals surface area contributed by atoms with Gasteiger partial charge in [-0.25, -0.2) is 0 Å². The van der Waals surface area contributed by atoms with E-state index in [1.54, 1.807) is 0 Å². The Morgan fingerprint density at radius 1 is 1.26 bits per heavy atom. The van der Waals surface area contributed by atoms with Crippen LogP contribution in [0.3, 0.4) is 0 Å². The Morgan fingerprint density at radius 3 is 2.58 bits per heavy atom. The van der Waals surface area contributed by atoms with Crippen molar-refractivity contribution in [2.45, 2.75) is 45.6 Å². The van der Waals surface area contributed by atoms with Gasteiger partial charge in [0.05, 0.1) is 24.6 Å². The number of hydrogen-bond donors (Lipinski definition) is 0. The molecule has 2 fully saturated rings. The third-order valence-electron chi connectivity index (χ3n) is 4.10. The van der Waals surface area contributed by atoms with Crippen molar-refractivity contribution >= 4 is 0 Å². The second kappa shape index (κ2) is 5.23. The van der Waals surface area contributed by atoms with E-state index >= 15 is 0 Å². The van der Waals surface area contributed by atoms with Gasteiger partial charge in [0.2, 0.25) is 0 Å². The summed E-state index contributed by atoms with van der Waals surface area (Å²) in [5, 5.41) is 4.51. The molecule has 1 spiro atoms. The van der Waals surface area contributed by atoms with Crippen LogP contribution in [0.2, 0.25) is 0 Å². The summed E-state index contributed by atoms with van der Waals surface area (Å²) in [6.07, 6.45) is 1.96. The molecule has 0 aliphatic carbocycles. The highest BCUT2D eigenvalue weighted by Crippen LogP contribution is 2.31. The Labute approximate surface area is 114 Å². The lowest BCUT2D eigenvalue weighted by Gasteiger charge is -2.37. The lowest BCUT2D eigenvalue weighted by Crippen LogP contribution is -2.44. The molecule has 0 radical (unpaired) electrons. The Bertz CT molecular complexity index is 428. The number of rotatable bonds is 3. The van der Waals surface area contributed by atoms with Crippen molar-refractivity contribution in [2.24, 2.45) is 0 Å². The van der Waals surface area contributed by atoms with Crippen LogP contribution in [0, 0.1) is 6.92 Å². The molecule has 3 heterocycles. The van der Waals surface area contributed by atoms with E-state index in [2.05, 4.69) is 34.6 Å². The normalized spacial score (nSPS) is 23.3. The molecule has 0 saturated carbocycles. The van der Waals surface area contributed by atoms with E-state index in [0.717, 1.165) is 57.9 Å². The van der Waals surface area contributed by atoms with Crippen molar-refractivity contribution in [1.29, 1.82) is 0 Å². The maximum atomic E-state index is 5.76. The number of aromatic nitrogens is 2. The number of hydrogen-bond acceptors (Lipinski definition) is 4. The monoisotopic (exact) mass is 265 g/mol. The highest BCUT2D eigenvalue weighted by molar-refractivity contribution is 5.09. The fraction of sp³-hybridized carbons (Fsp3) is 0.786. The van der Waals surface area contributed by atoms with E-state index in [1.807, 2.05) is 0 Å². The number of nitrogens with zero attached hydrogens (tertiary/aromatic N) is 3. The van der Waals surface area contributed by atoms with Crippen LogP contribution in [-0.2, 0) is 22.6 Å². The summed E-state index contributed by atoms with van der Waals surface area (Å²) in [6.45, 7) is 9.69. The quantitative estimate of drug-likeness (QED) is 0.831. The van der Waals surface area contributed by atoms with Crippen molar-refractivity contribution in [1.82, 2.24) is 14.7 Å². The third kappa shape index (κ3) is 2.68. The predicted octanol–water partition coefficient (Wildman–Crippen LogP) is 1.55. The molecule has 0 N–H and O–H groups in total. The molecule has 3 rings (SSSR count). The topological polar surface area (TPSA) is 39.5 Å². The molecule has 5 heteroatoms. The second-order valence-electron chi connectivity index (χ2n) is 5.48. The molecule has 0 atom stereocenters. The van der Waals surface area contributed by atoms with E-state index in [9.17, 15) is 0 Å². The lowest BCUT2D eigenvalue weighted by molar-refractivity contribution is -0.185. The van der Waals surface area contributed by atoms with Crippen LogP contribution in [0.15, 0.2) is 6.07 Å². The average Bonchev–Trinajstić information content (AvgIpc) is 3.00. The SMILES string of the molecule is CCn1nc(C)cc1CN1CCC2(CC1)OCCO2. The van der Waals surface area contributed by atoms with Crippen molar-refractivity contribution in [2.75, 3.05) is 26.3 Å². The second-order valence-corrected chi connectivity index (χ2v) is 5.48. The Morgan fingerprint density at radius 2 is 1.95 bits per heavy atom. The fourth-order valence-electron chi connectivity index (χ4n) is 3.07. The van der Waals surface area contributed by atoms with E-state index in [4.69, 9.17) is 9.47 Å².